The van der Waals surface area contributed by atoms with Crippen LogP contribution in [0.4, 0.5) is 10.7 Å². The summed E-state index contributed by atoms with van der Waals surface area (Å²) in [6.07, 6.45) is 0.836. The normalized spacial score (nSPS) is 10.1. The predicted molar refractivity (Wildman–Crippen MR) is 61.8 cm³/mol. The number of ether oxygens (including phenoxy) is 2. The minimum Gasteiger partial charge on any atom is -0.475 e. The van der Waals surface area contributed by atoms with E-state index in [-0.39, 0.29) is 12.7 Å². The molecule has 0 unspecified atom stereocenters. The summed E-state index contributed by atoms with van der Waals surface area (Å²) in [6, 6.07) is 1.67. The average molecular weight is 240 g/mol. The molecule has 17 heavy (non-hydrogen) atoms. The van der Waals surface area contributed by atoms with Gasteiger partial charge in [0.1, 0.15) is 6.61 Å². The highest BCUT2D eigenvalue weighted by molar-refractivity contribution is 5.64. The minimum atomic E-state index is -0.801. The SMILES string of the molecule is CC(C)Oc1ccnc(NCCOC(N)=O)n1. The third-order valence-corrected chi connectivity index (χ3v) is 1.62. The molecule has 0 aliphatic heterocycles. The summed E-state index contributed by atoms with van der Waals surface area (Å²) < 4.78 is 9.95. The standard InChI is InChI=1S/C10H16N4O3/c1-7(2)17-8-3-4-12-10(14-8)13-5-6-16-9(11)15/h3-4,7H,5-6H2,1-2H3,(H2,11,15)(H,12,13,14). The highest BCUT2D eigenvalue weighted by atomic mass is 16.5. The molecule has 1 aromatic heterocycles. The molecule has 7 heteroatoms. The average Bonchev–Trinajstić information content (AvgIpc) is 2.24. The van der Waals surface area contributed by atoms with Gasteiger partial charge in [0.05, 0.1) is 12.6 Å². The van der Waals surface area contributed by atoms with Crippen molar-refractivity contribution in [2.45, 2.75) is 20.0 Å². The number of nitrogens with two attached hydrogens (primary N) is 1. The van der Waals surface area contributed by atoms with Gasteiger partial charge in [-0.1, -0.05) is 0 Å². The van der Waals surface area contributed by atoms with Crippen molar-refractivity contribution in [2.75, 3.05) is 18.5 Å². The molecule has 1 rings (SSSR count). The third-order valence-electron chi connectivity index (χ3n) is 1.62. The molecule has 1 heterocycles. The highest BCUT2D eigenvalue weighted by Gasteiger charge is 2.02. The first-order chi connectivity index (χ1) is 8.08. The fourth-order valence-corrected chi connectivity index (χ4v) is 1.05. The molecule has 0 spiro atoms. The molecule has 1 amide bonds. The molecule has 1 aromatic rings. The highest BCUT2D eigenvalue weighted by Crippen LogP contribution is 2.09. The fraction of sp³-hybridized carbons (Fsp3) is 0.500. The Balaban J connectivity index is 2.40. The van der Waals surface area contributed by atoms with Crippen molar-refractivity contribution in [1.82, 2.24) is 9.97 Å². The lowest BCUT2D eigenvalue weighted by molar-refractivity contribution is 0.161. The second-order valence-corrected chi connectivity index (χ2v) is 3.48. The van der Waals surface area contributed by atoms with Crippen LogP contribution in [0, 0.1) is 0 Å². The van der Waals surface area contributed by atoms with Crippen LogP contribution in [0.15, 0.2) is 12.3 Å². The zero-order chi connectivity index (χ0) is 12.7. The lowest BCUT2D eigenvalue weighted by Crippen LogP contribution is -2.19. The Morgan fingerprint density at radius 1 is 1.59 bits per heavy atom. The van der Waals surface area contributed by atoms with Crippen LogP contribution in [0.1, 0.15) is 13.8 Å². The van der Waals surface area contributed by atoms with Crippen molar-refractivity contribution in [3.8, 4) is 5.88 Å². The Bertz CT molecular complexity index is 370. The second-order valence-electron chi connectivity index (χ2n) is 3.48. The lowest BCUT2D eigenvalue weighted by atomic mass is 10.5. The van der Waals surface area contributed by atoms with E-state index in [2.05, 4.69) is 20.0 Å². The Kier molecular flexibility index (Phi) is 4.99. The first kappa shape index (κ1) is 13.0. The van der Waals surface area contributed by atoms with Gasteiger partial charge in [-0.3, -0.25) is 0 Å². The van der Waals surface area contributed by atoms with Crippen molar-refractivity contribution in [3.05, 3.63) is 12.3 Å². The number of amides is 1. The minimum absolute atomic E-state index is 0.0518. The monoisotopic (exact) mass is 240 g/mol. The topological polar surface area (TPSA) is 99.4 Å². The summed E-state index contributed by atoms with van der Waals surface area (Å²) in [4.78, 5) is 18.4. The number of aromatic nitrogens is 2. The van der Waals surface area contributed by atoms with Crippen molar-refractivity contribution in [2.24, 2.45) is 5.73 Å². The maximum Gasteiger partial charge on any atom is 0.404 e. The number of hydrogen-bond acceptors (Lipinski definition) is 6. The van der Waals surface area contributed by atoms with Gasteiger partial charge < -0.3 is 20.5 Å². The van der Waals surface area contributed by atoms with Crippen LogP contribution < -0.4 is 15.8 Å². The van der Waals surface area contributed by atoms with Crippen molar-refractivity contribution in [3.63, 3.8) is 0 Å². The van der Waals surface area contributed by atoms with Gasteiger partial charge in [0.2, 0.25) is 11.8 Å². The molecule has 0 radical (unpaired) electrons. The van der Waals surface area contributed by atoms with Crippen molar-refractivity contribution >= 4 is 12.0 Å². The fourth-order valence-electron chi connectivity index (χ4n) is 1.05. The summed E-state index contributed by atoms with van der Waals surface area (Å²) in [7, 11) is 0. The predicted octanol–water partition coefficient (Wildman–Crippen LogP) is 0.771. The van der Waals surface area contributed by atoms with Gasteiger partial charge in [0, 0.05) is 12.3 Å². The summed E-state index contributed by atoms with van der Waals surface area (Å²) in [5, 5.41) is 2.88. The zero-order valence-electron chi connectivity index (χ0n) is 9.84. The van der Waals surface area contributed by atoms with Crippen molar-refractivity contribution in [1.29, 1.82) is 0 Å². The molecule has 94 valence electrons. The van der Waals surface area contributed by atoms with Gasteiger partial charge in [0.25, 0.3) is 0 Å². The van der Waals surface area contributed by atoms with Gasteiger partial charge in [-0.15, -0.1) is 0 Å². The zero-order valence-corrected chi connectivity index (χ0v) is 9.84. The number of carbonyl (C=O) groups excluding carboxylic acids is 1. The number of primary amides is 1. The Hall–Kier alpha value is -2.05. The number of anilines is 1. The summed E-state index contributed by atoms with van der Waals surface area (Å²) in [6.45, 7) is 4.37. The maximum atomic E-state index is 10.3. The number of hydrogen-bond donors (Lipinski definition) is 2. The largest absolute Gasteiger partial charge is 0.475 e. The number of nitrogens with one attached hydrogen (secondary N) is 1. The van der Waals surface area contributed by atoms with Crippen LogP contribution >= 0.6 is 0 Å². The first-order valence-electron chi connectivity index (χ1n) is 5.23. The number of rotatable bonds is 6. The van der Waals surface area contributed by atoms with E-state index in [1.54, 1.807) is 12.3 Å². The number of nitrogens with zero attached hydrogens (tertiary/aromatic N) is 2. The third kappa shape index (κ3) is 5.55. The summed E-state index contributed by atoms with van der Waals surface area (Å²) >= 11 is 0. The lowest BCUT2D eigenvalue weighted by Gasteiger charge is -2.09. The first-order valence-corrected chi connectivity index (χ1v) is 5.23. The van der Waals surface area contributed by atoms with Gasteiger partial charge >= 0.3 is 6.09 Å². The van der Waals surface area contributed by atoms with Crippen LogP contribution in [0.25, 0.3) is 0 Å². The van der Waals surface area contributed by atoms with Gasteiger partial charge in [-0.05, 0) is 13.8 Å². The molecular weight excluding hydrogens is 224 g/mol. The maximum absolute atomic E-state index is 10.3. The van der Waals surface area contributed by atoms with E-state index < -0.39 is 6.09 Å². The Morgan fingerprint density at radius 2 is 2.35 bits per heavy atom. The van der Waals surface area contributed by atoms with Gasteiger partial charge in [-0.2, -0.15) is 4.98 Å². The Morgan fingerprint density at radius 3 is 3.00 bits per heavy atom. The molecule has 7 nitrogen and oxygen atoms in total. The molecule has 0 aromatic carbocycles. The van der Waals surface area contributed by atoms with Crippen LogP contribution in [-0.2, 0) is 4.74 Å². The molecule has 0 fully saturated rings. The van der Waals surface area contributed by atoms with E-state index in [1.807, 2.05) is 13.8 Å². The molecule has 0 saturated carbocycles. The summed E-state index contributed by atoms with van der Waals surface area (Å²) in [5.74, 6) is 0.907. The van der Waals surface area contributed by atoms with Crippen LogP contribution in [0.2, 0.25) is 0 Å². The molecule has 0 saturated heterocycles. The van der Waals surface area contributed by atoms with E-state index in [4.69, 9.17) is 10.5 Å². The molecule has 0 bridgehead atoms. The van der Waals surface area contributed by atoms with E-state index in [0.717, 1.165) is 0 Å². The van der Waals surface area contributed by atoms with Crippen LogP contribution in [-0.4, -0.2) is 35.3 Å². The van der Waals surface area contributed by atoms with Gasteiger partial charge in [0.15, 0.2) is 0 Å². The quantitative estimate of drug-likeness (QED) is 0.712. The molecule has 3 N–H and O–H groups in total. The molecule has 0 atom stereocenters. The summed E-state index contributed by atoms with van der Waals surface area (Å²) in [5.41, 5.74) is 4.81. The van der Waals surface area contributed by atoms with Crippen LogP contribution in [0.5, 0.6) is 5.88 Å². The van der Waals surface area contributed by atoms with Gasteiger partial charge in [-0.25, -0.2) is 9.78 Å². The van der Waals surface area contributed by atoms with E-state index >= 15 is 0 Å². The molecule has 0 aliphatic rings. The van der Waals surface area contributed by atoms with Crippen LogP contribution in [0.3, 0.4) is 0 Å². The molecule has 0 aliphatic carbocycles. The van der Waals surface area contributed by atoms with E-state index in [0.29, 0.717) is 18.4 Å². The van der Waals surface area contributed by atoms with E-state index in [9.17, 15) is 4.79 Å². The number of carbonyl (C=O) groups is 1. The Labute approximate surface area is 99.3 Å². The molecular formula is C10H16N4O3. The second kappa shape index (κ2) is 6.51. The van der Waals surface area contributed by atoms with Crippen molar-refractivity contribution < 1.29 is 14.3 Å². The smallest absolute Gasteiger partial charge is 0.404 e. The van der Waals surface area contributed by atoms with E-state index in [1.165, 1.54) is 0 Å².